The highest BCUT2D eigenvalue weighted by molar-refractivity contribution is 6.00. The first kappa shape index (κ1) is 68.7. The fourth-order valence-electron chi connectivity index (χ4n) is 10.7. The summed E-state index contributed by atoms with van der Waals surface area (Å²) in [4.78, 5) is 180. The number of carbonyl (C=O) groups is 12. The summed E-state index contributed by atoms with van der Waals surface area (Å²) in [6.07, 6.45) is 0.995. The summed E-state index contributed by atoms with van der Waals surface area (Å²) in [7, 11) is 0. The molecular formula is C57H88N16O13. The minimum atomic E-state index is -1.81. The zero-order valence-electron chi connectivity index (χ0n) is 49.5. The molecule has 0 aliphatic carbocycles. The number of aliphatic hydroxyl groups excluding tert-OH is 1. The normalized spacial score (nSPS) is 26.5. The molecule has 0 spiro atoms. The van der Waals surface area contributed by atoms with Crippen LogP contribution in [0.2, 0.25) is 0 Å². The number of aliphatic hydroxyl groups is 1. The number of hydrogen-bond acceptors (Lipinski definition) is 16. The van der Waals surface area contributed by atoms with Crippen LogP contribution < -0.4 is 65.5 Å². The SMILES string of the molecule is CC(C)C[C@@H]1NC(=O)[C@@H]2C[C@@H](O)CN2C(=O)[C@H](C(C)C)NC(=O)[C@@H](CCCCN)NC(=O)[C@@H](CCC(N)=O)NC(=O)[C@H](CC(N)=O)NC(=O)[C@H](CCCCN)NC(=O)[C@H](Cc2cnc[nH]2)NC(=O)[C@@H]2CCCN2C(=O)[C@@H](Cc2ccccc2)NC1=O. The van der Waals surface area contributed by atoms with E-state index in [0.29, 0.717) is 30.5 Å². The number of H-pyrrole nitrogens is 1. The third-order valence-corrected chi connectivity index (χ3v) is 15.3. The van der Waals surface area contributed by atoms with Gasteiger partial charge < -0.3 is 85.4 Å². The Morgan fingerprint density at radius 1 is 0.593 bits per heavy atom. The first-order valence-electron chi connectivity index (χ1n) is 29.6. The average molecular weight is 1210 g/mol. The van der Waals surface area contributed by atoms with Crippen LogP contribution in [-0.2, 0) is 70.4 Å². The predicted octanol–water partition coefficient (Wildman–Crippen LogP) is -3.86. The second kappa shape index (κ2) is 33.6. The number of imidazole rings is 1. The van der Waals surface area contributed by atoms with Gasteiger partial charge in [-0.3, -0.25) is 57.5 Å². The molecule has 4 heterocycles. The van der Waals surface area contributed by atoms with Gasteiger partial charge in [0, 0.05) is 50.7 Å². The first-order chi connectivity index (χ1) is 40.9. The molecule has 0 saturated carbocycles. The molecule has 2 aromatic rings. The summed E-state index contributed by atoms with van der Waals surface area (Å²) in [6.45, 7) is 7.00. The second-order valence-electron chi connectivity index (χ2n) is 23.1. The van der Waals surface area contributed by atoms with Crippen LogP contribution in [0.4, 0.5) is 0 Å². The van der Waals surface area contributed by atoms with Crippen molar-refractivity contribution in [1.82, 2.24) is 62.3 Å². The van der Waals surface area contributed by atoms with Crippen molar-refractivity contribution in [3.05, 3.63) is 54.1 Å². The Morgan fingerprint density at radius 2 is 1.12 bits per heavy atom. The molecule has 1 aromatic carbocycles. The summed E-state index contributed by atoms with van der Waals surface area (Å²) in [5.74, 6) is -11.5. The molecule has 0 radical (unpaired) electrons. The van der Waals surface area contributed by atoms with Crippen molar-refractivity contribution < 1.29 is 62.6 Å². The summed E-state index contributed by atoms with van der Waals surface area (Å²) in [5.41, 5.74) is 23.7. The summed E-state index contributed by atoms with van der Waals surface area (Å²) in [5, 5.41) is 32.3. The van der Waals surface area contributed by atoms with Gasteiger partial charge in [0.05, 0.1) is 18.9 Å². The number of amides is 12. The Morgan fingerprint density at radius 3 is 1.67 bits per heavy atom. The van der Waals surface area contributed by atoms with E-state index in [0.717, 1.165) is 4.90 Å². The molecule has 11 atom stereocenters. The third-order valence-electron chi connectivity index (χ3n) is 15.3. The van der Waals surface area contributed by atoms with E-state index in [-0.39, 0.29) is 89.9 Å². The van der Waals surface area contributed by atoms with E-state index in [4.69, 9.17) is 22.9 Å². The lowest BCUT2D eigenvalue weighted by Crippen LogP contribution is -2.62. The molecule has 474 valence electrons. The number of fused-ring (bicyclic) bond motifs is 2. The van der Waals surface area contributed by atoms with Gasteiger partial charge in [-0.15, -0.1) is 0 Å². The van der Waals surface area contributed by atoms with E-state index in [9.17, 15) is 62.6 Å². The molecule has 0 bridgehead atoms. The predicted molar refractivity (Wildman–Crippen MR) is 311 cm³/mol. The molecule has 1 aromatic heterocycles. The summed E-state index contributed by atoms with van der Waals surface area (Å²) in [6, 6.07) is -5.52. The molecule has 18 N–H and O–H groups in total. The third kappa shape index (κ3) is 20.6. The molecule has 29 heteroatoms. The highest BCUT2D eigenvalue weighted by atomic mass is 16.3. The molecule has 3 fully saturated rings. The number of unbranched alkanes of at least 4 members (excludes halogenated alkanes) is 2. The molecule has 86 heavy (non-hydrogen) atoms. The number of nitrogens with zero attached hydrogens (tertiary/aromatic N) is 3. The fraction of sp³-hybridized carbons (Fsp3) is 0.632. The number of hydrogen-bond donors (Lipinski definition) is 14. The topological polar surface area (TPSA) is 461 Å². The number of primary amides is 2. The Labute approximate surface area is 499 Å². The fourth-order valence-corrected chi connectivity index (χ4v) is 10.7. The Kier molecular flexibility index (Phi) is 26.8. The van der Waals surface area contributed by atoms with Crippen LogP contribution in [0.5, 0.6) is 0 Å². The van der Waals surface area contributed by atoms with E-state index in [1.54, 1.807) is 44.2 Å². The monoisotopic (exact) mass is 1200 g/mol. The summed E-state index contributed by atoms with van der Waals surface area (Å²) >= 11 is 0. The van der Waals surface area contributed by atoms with Crippen LogP contribution in [0.25, 0.3) is 0 Å². The quantitative estimate of drug-likeness (QED) is 0.0565. The van der Waals surface area contributed by atoms with Crippen molar-refractivity contribution in [3.63, 3.8) is 0 Å². The molecule has 29 nitrogen and oxygen atoms in total. The maximum atomic E-state index is 15.0. The van der Waals surface area contributed by atoms with Crippen LogP contribution in [0.3, 0.4) is 0 Å². The number of nitrogens with two attached hydrogens (primary N) is 4. The van der Waals surface area contributed by atoms with Crippen LogP contribution in [-0.4, -0.2) is 188 Å². The highest BCUT2D eigenvalue weighted by Gasteiger charge is 2.45. The molecular weight excluding hydrogens is 1120 g/mol. The van der Waals surface area contributed by atoms with E-state index in [2.05, 4.69) is 52.5 Å². The van der Waals surface area contributed by atoms with Gasteiger partial charge in [0.1, 0.15) is 60.4 Å². The lowest BCUT2D eigenvalue weighted by molar-refractivity contribution is -0.144. The molecule has 12 amide bonds. The number of nitrogens with one attached hydrogen (secondary N) is 9. The zero-order chi connectivity index (χ0) is 63.2. The largest absolute Gasteiger partial charge is 0.391 e. The zero-order valence-corrected chi connectivity index (χ0v) is 49.5. The number of aromatic nitrogens is 2. The van der Waals surface area contributed by atoms with Crippen molar-refractivity contribution in [2.24, 2.45) is 34.8 Å². The first-order valence-corrected chi connectivity index (χ1v) is 29.6. The number of benzene rings is 1. The minimum Gasteiger partial charge on any atom is -0.391 e. The highest BCUT2D eigenvalue weighted by Crippen LogP contribution is 2.24. The lowest BCUT2D eigenvalue weighted by Gasteiger charge is -2.33. The van der Waals surface area contributed by atoms with E-state index < -0.39 is 163 Å². The van der Waals surface area contributed by atoms with Gasteiger partial charge in [0.15, 0.2) is 0 Å². The van der Waals surface area contributed by atoms with E-state index in [1.807, 2.05) is 13.8 Å². The standard InChI is InChI=1S/C57H88N16O13/c1-31(2)23-39-51(80)70-42(24-33-13-6-5-7-14-33)56(85)72-22-12-17-43(72)54(83)69-40(25-34-28-62-30-63-34)52(81)65-36(15-8-10-20-58)48(77)67-41(27-46(61)76)53(82)66-38(18-19-45(60)75)49(78)64-37(16-9-11-21-59)50(79)71-47(32(3)4)57(86)73-29-35(74)26-44(73)55(84)68-39/h5-7,13-14,28,30-32,35-44,47,74H,8-12,15-27,29,58-59H2,1-4H3,(H2,60,75)(H2,61,76)(H,62,63)(H,64,78)(H,65,81)(H,66,82)(H,67,77)(H,68,84)(H,69,83)(H,70,80)(H,71,79)/t35-,36+,37-,38-,39+,40+,41+,42-,43+,44+,47+/m1/s1. The van der Waals surface area contributed by atoms with Crippen molar-refractivity contribution in [2.45, 2.75) is 191 Å². The van der Waals surface area contributed by atoms with Gasteiger partial charge in [-0.05, 0) is 94.7 Å². The Balaban J connectivity index is 1.62. The smallest absolute Gasteiger partial charge is 0.246 e. The molecule has 0 unspecified atom stereocenters. The molecule has 3 aliphatic heterocycles. The van der Waals surface area contributed by atoms with Gasteiger partial charge in [-0.1, -0.05) is 58.0 Å². The van der Waals surface area contributed by atoms with Crippen molar-refractivity contribution in [1.29, 1.82) is 0 Å². The van der Waals surface area contributed by atoms with Crippen molar-refractivity contribution >= 4 is 70.9 Å². The van der Waals surface area contributed by atoms with Crippen LogP contribution in [0.1, 0.15) is 122 Å². The maximum Gasteiger partial charge on any atom is 0.246 e. The van der Waals surface area contributed by atoms with Gasteiger partial charge in [-0.25, -0.2) is 4.98 Å². The molecule has 3 aliphatic rings. The van der Waals surface area contributed by atoms with Gasteiger partial charge in [0.25, 0.3) is 0 Å². The van der Waals surface area contributed by atoms with Gasteiger partial charge >= 0.3 is 0 Å². The lowest BCUT2D eigenvalue weighted by atomic mass is 9.99. The average Bonchev–Trinajstić information content (AvgIpc) is 3.54. The van der Waals surface area contributed by atoms with Crippen molar-refractivity contribution in [2.75, 3.05) is 26.2 Å². The van der Waals surface area contributed by atoms with E-state index >= 15 is 0 Å². The van der Waals surface area contributed by atoms with E-state index in [1.165, 1.54) is 17.4 Å². The van der Waals surface area contributed by atoms with Crippen molar-refractivity contribution in [3.8, 4) is 0 Å². The second-order valence-corrected chi connectivity index (χ2v) is 23.1. The Hall–Kier alpha value is -8.05. The molecule has 3 saturated heterocycles. The number of aromatic amines is 1. The maximum absolute atomic E-state index is 15.0. The van der Waals surface area contributed by atoms with Gasteiger partial charge in [-0.2, -0.15) is 0 Å². The number of carbonyl (C=O) groups excluding carboxylic acids is 12. The van der Waals surface area contributed by atoms with Crippen LogP contribution in [0.15, 0.2) is 42.9 Å². The molecule has 5 rings (SSSR count). The van der Waals surface area contributed by atoms with Crippen LogP contribution >= 0.6 is 0 Å². The Bertz CT molecular complexity index is 2680. The minimum absolute atomic E-state index is 0.0497. The summed E-state index contributed by atoms with van der Waals surface area (Å²) < 4.78 is 0. The van der Waals surface area contributed by atoms with Crippen LogP contribution in [0, 0.1) is 11.8 Å². The number of rotatable bonds is 20. The van der Waals surface area contributed by atoms with Gasteiger partial charge in [0.2, 0.25) is 70.9 Å².